The normalized spacial score (nSPS) is 9.35. The molecule has 0 saturated carbocycles. The Labute approximate surface area is 120 Å². The maximum atomic E-state index is 10.2. The summed E-state index contributed by atoms with van der Waals surface area (Å²) >= 11 is 3.60. The molecule has 0 fully saturated rings. The van der Waals surface area contributed by atoms with Crippen molar-refractivity contribution in [3.8, 4) is 0 Å². The van der Waals surface area contributed by atoms with Crippen LogP contribution in [0.15, 0.2) is 55.1 Å². The summed E-state index contributed by atoms with van der Waals surface area (Å²) in [5, 5.41) is 8.38. The Morgan fingerprint density at radius 1 is 1.00 bits per heavy atom. The van der Waals surface area contributed by atoms with Crippen LogP contribution in [0.1, 0.15) is 10.4 Å². The third kappa shape index (κ3) is 14.4. The summed E-state index contributed by atoms with van der Waals surface area (Å²) in [7, 11) is 0. The molecule has 0 aliphatic heterocycles. The predicted octanol–water partition coefficient (Wildman–Crippen LogP) is 1.05. The van der Waals surface area contributed by atoms with Gasteiger partial charge in [-0.15, -0.1) is 0 Å². The molecule has 108 valence electrons. The minimum Gasteiger partial charge on any atom is -0.478 e. The van der Waals surface area contributed by atoms with Crippen LogP contribution in [0.3, 0.4) is 0 Å². The Balaban J connectivity index is 0.000000288. The highest BCUT2D eigenvalue weighted by Gasteiger charge is 1.96. The van der Waals surface area contributed by atoms with E-state index >= 15 is 0 Å². The van der Waals surface area contributed by atoms with Crippen LogP contribution >= 0.6 is 6.72 Å². The number of aromatic carboxylic acids is 1. The topological polar surface area (TPSA) is 124 Å². The van der Waals surface area contributed by atoms with Crippen LogP contribution < -0.4 is 0 Å². The first kappa shape index (κ1) is 18.3. The van der Waals surface area contributed by atoms with Gasteiger partial charge in [0.25, 0.3) is 0 Å². The first-order valence-corrected chi connectivity index (χ1v) is 7.73. The molecule has 9 heteroatoms. The molecule has 1 aromatic carbocycles. The molecular formula is C11H13N2O5PS. The average Bonchev–Trinajstić information content (AvgIpc) is 2.40. The molecule has 0 aliphatic rings. The number of rotatable bonds is 1. The van der Waals surface area contributed by atoms with Gasteiger partial charge in [0.2, 0.25) is 0 Å². The molecule has 0 aliphatic carbocycles. The van der Waals surface area contributed by atoms with Gasteiger partial charge in [-0.25, -0.2) is 14.8 Å². The highest BCUT2D eigenvalue weighted by molar-refractivity contribution is 8.06. The van der Waals surface area contributed by atoms with Crippen molar-refractivity contribution in [2.75, 3.05) is 0 Å². The van der Waals surface area contributed by atoms with E-state index in [4.69, 9.17) is 19.8 Å². The molecule has 0 radical (unpaired) electrons. The van der Waals surface area contributed by atoms with Crippen LogP contribution in [0.25, 0.3) is 0 Å². The van der Waals surface area contributed by atoms with E-state index in [-0.39, 0.29) is 0 Å². The number of benzene rings is 1. The largest absolute Gasteiger partial charge is 0.478 e. The van der Waals surface area contributed by atoms with Crippen LogP contribution in [0.5, 0.6) is 0 Å². The van der Waals surface area contributed by atoms with Crippen molar-refractivity contribution in [1.29, 1.82) is 0 Å². The number of carboxylic acid groups (broad SMARTS) is 1. The van der Waals surface area contributed by atoms with Crippen LogP contribution in [0, 0.1) is 0 Å². The second kappa shape index (κ2) is 10.1. The fourth-order valence-corrected chi connectivity index (χ4v) is 0.834. The summed E-state index contributed by atoms with van der Waals surface area (Å²) < 4.78 is 0. The molecule has 20 heavy (non-hydrogen) atoms. The summed E-state index contributed by atoms with van der Waals surface area (Å²) in [6.07, 6.45) is 4.88. The number of carboxylic acids is 1. The number of hydrogen-bond acceptors (Lipinski definition) is 4. The zero-order valence-electron chi connectivity index (χ0n) is 10.1. The van der Waals surface area contributed by atoms with E-state index in [2.05, 4.69) is 21.8 Å². The van der Waals surface area contributed by atoms with Gasteiger partial charge in [-0.2, -0.15) is 0 Å². The van der Waals surface area contributed by atoms with Gasteiger partial charge in [0.15, 0.2) is 0 Å². The van der Waals surface area contributed by atoms with Crippen molar-refractivity contribution in [2.45, 2.75) is 0 Å². The highest BCUT2D eigenvalue weighted by Crippen LogP contribution is 2.26. The Bertz CT molecular complexity index is 500. The molecule has 0 bridgehead atoms. The first-order valence-electron chi connectivity index (χ1n) is 5.07. The fraction of sp³-hybridized carbons (Fsp3) is 0. The second-order valence-corrected chi connectivity index (χ2v) is 5.58. The highest BCUT2D eigenvalue weighted by atomic mass is 32.5. The smallest absolute Gasteiger partial charge is 0.335 e. The lowest BCUT2D eigenvalue weighted by Gasteiger charge is -1.88. The summed E-state index contributed by atoms with van der Waals surface area (Å²) in [6.45, 7) is -3.81. The predicted molar refractivity (Wildman–Crippen MR) is 76.4 cm³/mol. The van der Waals surface area contributed by atoms with Gasteiger partial charge in [0.05, 0.1) is 5.56 Å². The second-order valence-electron chi connectivity index (χ2n) is 3.09. The molecular weight excluding hydrogens is 303 g/mol. The number of aromatic nitrogens is 2. The van der Waals surface area contributed by atoms with Crippen molar-refractivity contribution < 1.29 is 24.6 Å². The van der Waals surface area contributed by atoms with E-state index in [0.29, 0.717) is 5.56 Å². The Morgan fingerprint density at radius 2 is 1.45 bits per heavy atom. The maximum Gasteiger partial charge on any atom is 0.335 e. The van der Waals surface area contributed by atoms with Gasteiger partial charge in [-0.1, -0.05) is 18.2 Å². The maximum absolute atomic E-state index is 10.2. The summed E-state index contributed by atoms with van der Waals surface area (Å²) in [5.41, 5.74) is 0.331. The Morgan fingerprint density at radius 3 is 1.65 bits per heavy atom. The van der Waals surface area contributed by atoms with Crippen molar-refractivity contribution in [3.05, 3.63) is 60.7 Å². The van der Waals surface area contributed by atoms with E-state index < -0.39 is 12.7 Å². The molecule has 0 atom stereocenters. The number of nitrogens with zero attached hydrogens (tertiary/aromatic N) is 2. The SMILES string of the molecule is O=C(O)c1ccccc1.OP(O)(O)=S.c1cncnc1. The lowest BCUT2D eigenvalue weighted by atomic mass is 10.2. The van der Waals surface area contributed by atoms with E-state index in [1.165, 1.54) is 6.33 Å². The van der Waals surface area contributed by atoms with Crippen LogP contribution in [-0.2, 0) is 11.8 Å². The molecule has 0 saturated heterocycles. The van der Waals surface area contributed by atoms with Gasteiger partial charge in [-0.3, -0.25) is 0 Å². The van der Waals surface area contributed by atoms with E-state index in [0.717, 1.165) is 0 Å². The van der Waals surface area contributed by atoms with E-state index in [1.807, 2.05) is 0 Å². The molecule has 7 nitrogen and oxygen atoms in total. The van der Waals surface area contributed by atoms with Crippen LogP contribution in [-0.4, -0.2) is 35.7 Å². The zero-order chi connectivity index (χ0) is 15.4. The fourth-order valence-electron chi connectivity index (χ4n) is 0.834. The van der Waals surface area contributed by atoms with Gasteiger partial charge in [-0.05, 0) is 30.0 Å². The summed E-state index contributed by atoms with van der Waals surface area (Å²) in [6, 6.07) is 10.1. The summed E-state index contributed by atoms with van der Waals surface area (Å²) in [5.74, 6) is -0.879. The minimum atomic E-state index is -3.81. The van der Waals surface area contributed by atoms with Crippen molar-refractivity contribution in [2.24, 2.45) is 0 Å². The molecule has 2 aromatic rings. The van der Waals surface area contributed by atoms with E-state index in [9.17, 15) is 4.79 Å². The number of hydrogen-bond donors (Lipinski definition) is 4. The van der Waals surface area contributed by atoms with Gasteiger partial charge < -0.3 is 19.8 Å². The van der Waals surface area contributed by atoms with Crippen LogP contribution in [0.4, 0.5) is 0 Å². The lowest BCUT2D eigenvalue weighted by molar-refractivity contribution is 0.0697. The molecule has 1 aromatic heterocycles. The zero-order valence-corrected chi connectivity index (χ0v) is 11.9. The van der Waals surface area contributed by atoms with Crippen molar-refractivity contribution in [3.63, 3.8) is 0 Å². The van der Waals surface area contributed by atoms with Crippen LogP contribution in [0.2, 0.25) is 0 Å². The third-order valence-corrected chi connectivity index (χ3v) is 1.50. The first-order chi connectivity index (χ1) is 9.30. The monoisotopic (exact) mass is 316 g/mol. The minimum absolute atomic E-state index is 0.331. The summed E-state index contributed by atoms with van der Waals surface area (Å²) in [4.78, 5) is 40.2. The molecule has 2 rings (SSSR count). The number of carbonyl (C=O) groups is 1. The standard InChI is InChI=1S/C7H6O2.C4H4N2.H3O3PS/c8-7(9)6-4-2-1-3-5-6;1-2-5-4-6-3-1;1-4(2,3)5/h1-5H,(H,8,9);1-4H;(H3,1,2,3,5). The molecule has 1 heterocycles. The molecule has 0 amide bonds. The molecule has 4 N–H and O–H groups in total. The van der Waals surface area contributed by atoms with Crippen molar-refractivity contribution >= 4 is 24.5 Å². The Kier molecular flexibility index (Phi) is 9.27. The quantitative estimate of drug-likeness (QED) is 0.576. The van der Waals surface area contributed by atoms with E-state index in [1.54, 1.807) is 48.8 Å². The van der Waals surface area contributed by atoms with Gasteiger partial charge in [0, 0.05) is 12.4 Å². The molecule has 0 spiro atoms. The Hall–Kier alpha value is -1.70. The van der Waals surface area contributed by atoms with Crippen molar-refractivity contribution in [1.82, 2.24) is 9.97 Å². The average molecular weight is 316 g/mol. The third-order valence-electron chi connectivity index (χ3n) is 1.50. The molecule has 0 unspecified atom stereocenters. The lowest BCUT2D eigenvalue weighted by Crippen LogP contribution is -1.93. The van der Waals surface area contributed by atoms with Gasteiger partial charge >= 0.3 is 12.7 Å². The van der Waals surface area contributed by atoms with Gasteiger partial charge in [0.1, 0.15) is 6.33 Å².